The van der Waals surface area contributed by atoms with Gasteiger partial charge >= 0.3 is 0 Å². The summed E-state index contributed by atoms with van der Waals surface area (Å²) in [7, 11) is 1.50. The van der Waals surface area contributed by atoms with Crippen molar-refractivity contribution in [2.45, 2.75) is 20.3 Å². The maximum Gasteiger partial charge on any atom is 0.207 e. The molecule has 1 aromatic carbocycles. The quantitative estimate of drug-likeness (QED) is 0.402. The lowest BCUT2D eigenvalue weighted by Crippen LogP contribution is -2.02. The Labute approximate surface area is 151 Å². The molecule has 0 amide bonds. The summed E-state index contributed by atoms with van der Waals surface area (Å²) >= 11 is 6.26. The number of ketones is 1. The number of hydrogen-bond donors (Lipinski definition) is 0. The number of aryl methyl sites for hydroxylation is 1. The van der Waals surface area contributed by atoms with Crippen molar-refractivity contribution in [1.29, 1.82) is 5.26 Å². The number of Topliss-reactive ketones (excluding diaryl/α,β-unsaturated/α-hetero) is 1. The Morgan fingerprint density at radius 1 is 1.44 bits per heavy atom. The van der Waals surface area contributed by atoms with Crippen molar-refractivity contribution in [1.82, 2.24) is 0 Å². The first-order chi connectivity index (χ1) is 12.0. The molecule has 2 aromatic rings. The minimum Gasteiger partial charge on any atom is -0.493 e. The van der Waals surface area contributed by atoms with Crippen LogP contribution in [0.3, 0.4) is 0 Å². The summed E-state index contributed by atoms with van der Waals surface area (Å²) < 4.78 is 16.0. The predicted molar refractivity (Wildman–Crippen MR) is 95.2 cm³/mol. The highest BCUT2D eigenvalue weighted by molar-refractivity contribution is 6.32. The van der Waals surface area contributed by atoms with E-state index in [1.165, 1.54) is 25.5 Å². The normalized spacial score (nSPS) is 11.1. The van der Waals surface area contributed by atoms with Crippen molar-refractivity contribution < 1.29 is 18.7 Å². The van der Waals surface area contributed by atoms with E-state index in [-0.39, 0.29) is 5.57 Å². The summed E-state index contributed by atoms with van der Waals surface area (Å²) in [6, 6.07) is 6.76. The first kappa shape index (κ1) is 18.6. The van der Waals surface area contributed by atoms with E-state index in [1.54, 1.807) is 19.1 Å². The van der Waals surface area contributed by atoms with E-state index in [4.69, 9.17) is 25.5 Å². The number of ether oxygens (including phenoxy) is 2. The van der Waals surface area contributed by atoms with Crippen molar-refractivity contribution in [2.75, 3.05) is 13.7 Å². The highest BCUT2D eigenvalue weighted by Gasteiger charge is 2.18. The second kappa shape index (κ2) is 8.41. The third kappa shape index (κ3) is 4.23. The van der Waals surface area contributed by atoms with Gasteiger partial charge in [0, 0.05) is 0 Å². The fraction of sp³-hybridized carbons (Fsp3) is 0.263. The van der Waals surface area contributed by atoms with Gasteiger partial charge in [-0.3, -0.25) is 4.79 Å². The Morgan fingerprint density at radius 3 is 2.76 bits per heavy atom. The minimum atomic E-state index is -0.407. The molecule has 5 nitrogen and oxygen atoms in total. The average Bonchev–Trinajstić information content (AvgIpc) is 3.03. The van der Waals surface area contributed by atoms with E-state index in [2.05, 4.69) is 0 Å². The van der Waals surface area contributed by atoms with Crippen LogP contribution in [0.25, 0.3) is 6.08 Å². The van der Waals surface area contributed by atoms with Crippen LogP contribution in [0.5, 0.6) is 11.5 Å². The number of allylic oxidation sites excluding steroid dienone is 1. The van der Waals surface area contributed by atoms with Gasteiger partial charge in [-0.05, 0) is 43.2 Å². The fourth-order valence-electron chi connectivity index (χ4n) is 2.25. The monoisotopic (exact) mass is 359 g/mol. The molecule has 0 unspecified atom stereocenters. The molecule has 1 heterocycles. The van der Waals surface area contributed by atoms with Crippen molar-refractivity contribution in [3.05, 3.63) is 51.9 Å². The van der Waals surface area contributed by atoms with Crippen LogP contribution in [-0.2, 0) is 0 Å². The topological polar surface area (TPSA) is 72.5 Å². The predicted octanol–water partition coefficient (Wildman–Crippen LogP) is 4.83. The maximum atomic E-state index is 12.5. The number of rotatable bonds is 7. The first-order valence-corrected chi connectivity index (χ1v) is 8.10. The molecule has 0 spiro atoms. The van der Waals surface area contributed by atoms with Crippen molar-refractivity contribution in [3.8, 4) is 17.6 Å². The van der Waals surface area contributed by atoms with Gasteiger partial charge in [0.25, 0.3) is 0 Å². The number of methoxy groups -OCH3 is 1. The van der Waals surface area contributed by atoms with E-state index in [1.807, 2.05) is 13.0 Å². The van der Waals surface area contributed by atoms with Crippen LogP contribution >= 0.6 is 11.6 Å². The van der Waals surface area contributed by atoms with Gasteiger partial charge in [-0.25, -0.2) is 0 Å². The zero-order valence-electron chi connectivity index (χ0n) is 14.3. The van der Waals surface area contributed by atoms with Gasteiger partial charge < -0.3 is 13.9 Å². The molecule has 0 aliphatic rings. The Hall–Kier alpha value is -2.71. The van der Waals surface area contributed by atoms with Gasteiger partial charge in [0.15, 0.2) is 11.5 Å². The van der Waals surface area contributed by atoms with Gasteiger partial charge in [-0.1, -0.05) is 18.5 Å². The van der Waals surface area contributed by atoms with Crippen LogP contribution in [0.1, 0.15) is 35.0 Å². The number of hydrogen-bond acceptors (Lipinski definition) is 5. The first-order valence-electron chi connectivity index (χ1n) is 7.72. The number of benzene rings is 1. The second-order valence-corrected chi connectivity index (χ2v) is 5.68. The second-order valence-electron chi connectivity index (χ2n) is 5.27. The lowest BCUT2D eigenvalue weighted by Gasteiger charge is -2.12. The maximum absolute atomic E-state index is 12.5. The third-order valence-corrected chi connectivity index (χ3v) is 3.76. The molecule has 2 rings (SSSR count). The van der Waals surface area contributed by atoms with Crippen LogP contribution in [-0.4, -0.2) is 19.5 Å². The van der Waals surface area contributed by atoms with Crippen molar-refractivity contribution in [2.24, 2.45) is 0 Å². The lowest BCUT2D eigenvalue weighted by molar-refractivity contribution is 0.103. The Morgan fingerprint density at radius 2 is 2.20 bits per heavy atom. The molecule has 0 saturated carbocycles. The van der Waals surface area contributed by atoms with Crippen molar-refractivity contribution >= 4 is 23.5 Å². The van der Waals surface area contributed by atoms with E-state index < -0.39 is 5.78 Å². The molecule has 0 bridgehead atoms. The minimum absolute atomic E-state index is 0.0233. The van der Waals surface area contributed by atoms with Crippen LogP contribution < -0.4 is 9.47 Å². The van der Waals surface area contributed by atoms with Gasteiger partial charge in [-0.2, -0.15) is 5.26 Å². The summed E-state index contributed by atoms with van der Waals surface area (Å²) in [5, 5.41) is 9.71. The Bertz CT molecular complexity index is 846. The SMILES string of the molecule is CCCOc1c(Cl)cc(/C=C(\C#N)C(=O)c2ccoc2C)cc1OC. The number of carbonyl (C=O) groups excluding carboxylic acids is 1. The molecular formula is C19H18ClNO4. The van der Waals surface area contributed by atoms with E-state index in [9.17, 15) is 10.1 Å². The smallest absolute Gasteiger partial charge is 0.207 e. The molecule has 0 aliphatic carbocycles. The number of nitrogens with zero attached hydrogens (tertiary/aromatic N) is 1. The molecule has 0 aliphatic heterocycles. The summed E-state index contributed by atoms with van der Waals surface area (Å²) in [6.07, 6.45) is 3.71. The van der Waals surface area contributed by atoms with Gasteiger partial charge in [0.05, 0.1) is 30.6 Å². The summed E-state index contributed by atoms with van der Waals surface area (Å²) in [4.78, 5) is 12.5. The highest BCUT2D eigenvalue weighted by atomic mass is 35.5. The van der Waals surface area contributed by atoms with Gasteiger partial charge in [-0.15, -0.1) is 0 Å². The number of halogens is 1. The molecule has 130 valence electrons. The molecule has 0 atom stereocenters. The Kier molecular flexibility index (Phi) is 6.26. The summed E-state index contributed by atoms with van der Waals surface area (Å²) in [5.74, 6) is 0.940. The summed E-state index contributed by atoms with van der Waals surface area (Å²) in [5.41, 5.74) is 0.898. The molecule has 0 N–H and O–H groups in total. The molecule has 0 fully saturated rings. The molecule has 0 saturated heterocycles. The zero-order chi connectivity index (χ0) is 18.4. The largest absolute Gasteiger partial charge is 0.493 e. The average molecular weight is 360 g/mol. The number of furan rings is 1. The van der Waals surface area contributed by atoms with Crippen LogP contribution in [0.15, 0.2) is 34.5 Å². The fourth-order valence-corrected chi connectivity index (χ4v) is 2.52. The molecule has 25 heavy (non-hydrogen) atoms. The van der Waals surface area contributed by atoms with Crippen LogP contribution in [0.2, 0.25) is 5.02 Å². The standard InChI is InChI=1S/C19H18ClNO4/c1-4-6-25-19-16(20)9-13(10-17(19)23-3)8-14(11-21)18(22)15-5-7-24-12(15)2/h5,7-10H,4,6H2,1-3H3/b14-8+. The van der Waals surface area contributed by atoms with E-state index in [0.717, 1.165) is 6.42 Å². The van der Waals surface area contributed by atoms with Crippen molar-refractivity contribution in [3.63, 3.8) is 0 Å². The molecular weight excluding hydrogens is 342 g/mol. The molecule has 0 radical (unpaired) electrons. The van der Waals surface area contributed by atoms with Gasteiger partial charge in [0.2, 0.25) is 5.78 Å². The number of carbonyl (C=O) groups is 1. The van der Waals surface area contributed by atoms with Gasteiger partial charge in [0.1, 0.15) is 17.4 Å². The molecule has 6 heteroatoms. The number of nitriles is 1. The van der Waals surface area contributed by atoms with E-state index in [0.29, 0.717) is 40.0 Å². The highest BCUT2D eigenvalue weighted by Crippen LogP contribution is 2.37. The van der Waals surface area contributed by atoms with Crippen LogP contribution in [0.4, 0.5) is 0 Å². The molecule has 1 aromatic heterocycles. The van der Waals surface area contributed by atoms with E-state index >= 15 is 0 Å². The zero-order valence-corrected chi connectivity index (χ0v) is 15.0. The third-order valence-electron chi connectivity index (χ3n) is 3.48. The summed E-state index contributed by atoms with van der Waals surface area (Å²) in [6.45, 7) is 4.16. The van der Waals surface area contributed by atoms with Crippen LogP contribution in [0, 0.1) is 18.3 Å². The lowest BCUT2D eigenvalue weighted by atomic mass is 10.0. The Balaban J connectivity index is 2.41.